The maximum absolute atomic E-state index is 12.7. The molecule has 2 aromatic rings. The van der Waals surface area contributed by atoms with Gasteiger partial charge in [-0.1, -0.05) is 30.3 Å². The van der Waals surface area contributed by atoms with Gasteiger partial charge in [-0.2, -0.15) is 13.2 Å². The molecule has 126 valence electrons. The molecule has 1 aliphatic rings. The van der Waals surface area contributed by atoms with Crippen LogP contribution in [0.2, 0.25) is 0 Å². The molecule has 1 saturated heterocycles. The summed E-state index contributed by atoms with van der Waals surface area (Å²) in [6.45, 7) is 2.61. The Labute approximate surface area is 138 Å². The van der Waals surface area contributed by atoms with Crippen LogP contribution in [0.4, 0.5) is 13.2 Å². The Morgan fingerprint density at radius 2 is 1.88 bits per heavy atom. The predicted molar refractivity (Wildman–Crippen MR) is 83.7 cm³/mol. The van der Waals surface area contributed by atoms with Gasteiger partial charge in [0.1, 0.15) is 5.69 Å². The van der Waals surface area contributed by atoms with Crippen molar-refractivity contribution in [1.82, 2.24) is 9.88 Å². The molecule has 6 heteroatoms. The Morgan fingerprint density at radius 3 is 2.50 bits per heavy atom. The number of halogens is 3. The number of aryl methyl sites for hydroxylation is 1. The second-order valence-corrected chi connectivity index (χ2v) is 5.97. The van der Waals surface area contributed by atoms with Crippen molar-refractivity contribution in [3.05, 3.63) is 65.0 Å². The lowest BCUT2D eigenvalue weighted by molar-refractivity contribution is -0.141. The van der Waals surface area contributed by atoms with Gasteiger partial charge >= 0.3 is 6.18 Å². The van der Waals surface area contributed by atoms with Crippen LogP contribution in [-0.4, -0.2) is 28.9 Å². The maximum atomic E-state index is 12.7. The van der Waals surface area contributed by atoms with Gasteiger partial charge in [0.25, 0.3) is 5.91 Å². The molecule has 0 N–H and O–H groups in total. The molecular formula is C18H17F3N2O. The van der Waals surface area contributed by atoms with E-state index in [4.69, 9.17) is 0 Å². The zero-order valence-corrected chi connectivity index (χ0v) is 13.2. The number of rotatable bonds is 2. The third-order valence-corrected chi connectivity index (χ3v) is 4.35. The molecule has 1 aliphatic heterocycles. The summed E-state index contributed by atoms with van der Waals surface area (Å²) in [5, 5.41) is 0. The molecule has 0 spiro atoms. The lowest BCUT2D eigenvalue weighted by Gasteiger charge is -2.18. The number of nitrogens with zero attached hydrogens (tertiary/aromatic N) is 2. The topological polar surface area (TPSA) is 33.2 Å². The molecule has 0 bridgehead atoms. The van der Waals surface area contributed by atoms with Crippen molar-refractivity contribution < 1.29 is 18.0 Å². The van der Waals surface area contributed by atoms with E-state index in [1.54, 1.807) is 4.90 Å². The summed E-state index contributed by atoms with van der Waals surface area (Å²) in [6.07, 6.45) is -3.65. The van der Waals surface area contributed by atoms with Gasteiger partial charge in [0.05, 0.1) is 11.3 Å². The van der Waals surface area contributed by atoms with E-state index < -0.39 is 11.9 Å². The van der Waals surface area contributed by atoms with Crippen molar-refractivity contribution in [2.24, 2.45) is 0 Å². The third-order valence-electron chi connectivity index (χ3n) is 4.35. The second kappa shape index (κ2) is 6.26. The maximum Gasteiger partial charge on any atom is 0.433 e. The minimum absolute atomic E-state index is 0.109. The molecule has 0 radical (unpaired) electrons. The van der Waals surface area contributed by atoms with Crippen LogP contribution in [0.15, 0.2) is 42.5 Å². The fourth-order valence-corrected chi connectivity index (χ4v) is 3.06. The summed E-state index contributed by atoms with van der Waals surface area (Å²) >= 11 is 0. The normalized spacial score (nSPS) is 18.0. The quantitative estimate of drug-likeness (QED) is 0.830. The SMILES string of the molecule is Cc1nc(C(F)(F)F)ccc1C(=O)N1CCC(c2ccccc2)C1. The van der Waals surface area contributed by atoms with Crippen LogP contribution in [-0.2, 0) is 6.18 Å². The first-order chi connectivity index (χ1) is 11.4. The highest BCUT2D eigenvalue weighted by molar-refractivity contribution is 5.95. The molecule has 1 aromatic heterocycles. The second-order valence-electron chi connectivity index (χ2n) is 5.97. The number of pyridine rings is 1. The molecule has 0 saturated carbocycles. The average molecular weight is 334 g/mol. The van der Waals surface area contributed by atoms with Crippen molar-refractivity contribution in [3.63, 3.8) is 0 Å². The predicted octanol–water partition coefficient (Wildman–Crippen LogP) is 4.04. The molecule has 24 heavy (non-hydrogen) atoms. The summed E-state index contributed by atoms with van der Waals surface area (Å²) in [5.41, 5.74) is 0.546. The highest BCUT2D eigenvalue weighted by Gasteiger charge is 2.34. The monoisotopic (exact) mass is 334 g/mol. The Balaban J connectivity index is 1.76. The van der Waals surface area contributed by atoms with E-state index in [-0.39, 0.29) is 23.1 Å². The van der Waals surface area contributed by atoms with Crippen LogP contribution >= 0.6 is 0 Å². The molecule has 1 atom stereocenters. The van der Waals surface area contributed by atoms with E-state index in [2.05, 4.69) is 4.98 Å². The smallest absolute Gasteiger partial charge is 0.338 e. The lowest BCUT2D eigenvalue weighted by Crippen LogP contribution is -2.29. The third kappa shape index (κ3) is 3.27. The van der Waals surface area contributed by atoms with E-state index in [1.165, 1.54) is 18.6 Å². The number of hydrogen-bond acceptors (Lipinski definition) is 2. The lowest BCUT2D eigenvalue weighted by atomic mass is 9.99. The summed E-state index contributed by atoms with van der Waals surface area (Å²) in [4.78, 5) is 17.8. The molecule has 1 unspecified atom stereocenters. The fourth-order valence-electron chi connectivity index (χ4n) is 3.06. The fraction of sp³-hybridized carbons (Fsp3) is 0.333. The van der Waals surface area contributed by atoms with Crippen molar-refractivity contribution in [1.29, 1.82) is 0 Å². The van der Waals surface area contributed by atoms with Crippen LogP contribution in [0.3, 0.4) is 0 Å². The van der Waals surface area contributed by atoms with Crippen LogP contribution in [0.25, 0.3) is 0 Å². The zero-order valence-electron chi connectivity index (χ0n) is 13.2. The molecule has 1 aromatic carbocycles. The van der Waals surface area contributed by atoms with E-state index >= 15 is 0 Å². The number of hydrogen-bond donors (Lipinski definition) is 0. The number of alkyl halides is 3. The van der Waals surface area contributed by atoms with Crippen LogP contribution in [0.5, 0.6) is 0 Å². The highest BCUT2D eigenvalue weighted by Crippen LogP contribution is 2.30. The summed E-state index contributed by atoms with van der Waals surface area (Å²) in [7, 11) is 0. The molecule has 3 rings (SSSR count). The van der Waals surface area contributed by atoms with E-state index in [0.717, 1.165) is 12.5 Å². The molecule has 0 aliphatic carbocycles. The van der Waals surface area contributed by atoms with Gasteiger partial charge in [0, 0.05) is 19.0 Å². The van der Waals surface area contributed by atoms with E-state index in [0.29, 0.717) is 13.1 Å². The Hall–Kier alpha value is -2.37. The van der Waals surface area contributed by atoms with Gasteiger partial charge in [-0.05, 0) is 31.0 Å². The van der Waals surface area contributed by atoms with Crippen LogP contribution in [0, 0.1) is 6.92 Å². The molecule has 1 fully saturated rings. The molecule has 3 nitrogen and oxygen atoms in total. The van der Waals surface area contributed by atoms with Gasteiger partial charge < -0.3 is 4.90 Å². The largest absolute Gasteiger partial charge is 0.433 e. The first-order valence-corrected chi connectivity index (χ1v) is 7.75. The van der Waals surface area contributed by atoms with Crippen molar-refractivity contribution >= 4 is 5.91 Å². The molecule has 1 amide bonds. The van der Waals surface area contributed by atoms with E-state index in [9.17, 15) is 18.0 Å². The highest BCUT2D eigenvalue weighted by atomic mass is 19.4. The average Bonchev–Trinajstić information content (AvgIpc) is 3.04. The molecule has 2 heterocycles. The number of amides is 1. The zero-order chi connectivity index (χ0) is 17.3. The number of carbonyl (C=O) groups excluding carboxylic acids is 1. The number of likely N-dealkylation sites (tertiary alicyclic amines) is 1. The number of benzene rings is 1. The van der Waals surface area contributed by atoms with Gasteiger partial charge in [0.15, 0.2) is 0 Å². The van der Waals surface area contributed by atoms with Gasteiger partial charge in [-0.15, -0.1) is 0 Å². The van der Waals surface area contributed by atoms with Crippen molar-refractivity contribution in [2.75, 3.05) is 13.1 Å². The minimum atomic E-state index is -4.50. The molecular weight excluding hydrogens is 317 g/mol. The Bertz CT molecular complexity index is 744. The Morgan fingerprint density at radius 1 is 1.17 bits per heavy atom. The minimum Gasteiger partial charge on any atom is -0.338 e. The Kier molecular flexibility index (Phi) is 4.30. The van der Waals surface area contributed by atoms with Crippen LogP contribution < -0.4 is 0 Å². The first-order valence-electron chi connectivity index (χ1n) is 7.75. The van der Waals surface area contributed by atoms with Gasteiger partial charge in [-0.25, -0.2) is 4.98 Å². The van der Waals surface area contributed by atoms with Gasteiger partial charge in [-0.3, -0.25) is 4.79 Å². The summed E-state index contributed by atoms with van der Waals surface area (Å²) in [6, 6.07) is 12.0. The number of aromatic nitrogens is 1. The van der Waals surface area contributed by atoms with Crippen LogP contribution in [0.1, 0.15) is 39.6 Å². The van der Waals surface area contributed by atoms with Crippen molar-refractivity contribution in [2.45, 2.75) is 25.4 Å². The van der Waals surface area contributed by atoms with Gasteiger partial charge in [0.2, 0.25) is 0 Å². The number of carbonyl (C=O) groups is 1. The first kappa shape index (κ1) is 16.5. The van der Waals surface area contributed by atoms with E-state index in [1.807, 2.05) is 30.3 Å². The van der Waals surface area contributed by atoms with Crippen molar-refractivity contribution in [3.8, 4) is 0 Å². The standard InChI is InChI=1S/C18H17F3N2O/c1-12-15(7-8-16(22-12)18(19,20)21)17(24)23-10-9-14(11-23)13-5-3-2-4-6-13/h2-8,14H,9-11H2,1H3. The summed E-state index contributed by atoms with van der Waals surface area (Å²) < 4.78 is 38.0. The summed E-state index contributed by atoms with van der Waals surface area (Å²) in [5.74, 6) is 0.00465.